The summed E-state index contributed by atoms with van der Waals surface area (Å²) in [6.45, 7) is 2.82. The first-order valence-electron chi connectivity index (χ1n) is 5.66. The summed E-state index contributed by atoms with van der Waals surface area (Å²) in [6, 6.07) is 3.78. The van der Waals surface area contributed by atoms with E-state index < -0.39 is 0 Å². The Kier molecular flexibility index (Phi) is 3.27. The maximum Gasteiger partial charge on any atom is 0.146 e. The lowest BCUT2D eigenvalue weighted by atomic mass is 10.2. The van der Waals surface area contributed by atoms with Gasteiger partial charge in [0.1, 0.15) is 5.82 Å². The Labute approximate surface area is 101 Å². The summed E-state index contributed by atoms with van der Waals surface area (Å²) in [4.78, 5) is 4.03. The van der Waals surface area contributed by atoms with Crippen molar-refractivity contribution in [2.24, 2.45) is 7.05 Å². The second kappa shape index (κ2) is 4.86. The Balaban J connectivity index is 2.09. The van der Waals surface area contributed by atoms with E-state index in [0.717, 1.165) is 17.8 Å². The van der Waals surface area contributed by atoms with Gasteiger partial charge in [-0.2, -0.15) is 5.10 Å². The molecular weight excluding hydrogens is 214 g/mol. The fraction of sp³-hybridized carbons (Fsp3) is 0.333. The Morgan fingerprint density at radius 2 is 2.29 bits per heavy atom. The van der Waals surface area contributed by atoms with E-state index in [1.54, 1.807) is 6.20 Å². The highest BCUT2D eigenvalue weighted by Gasteiger charge is 2.06. The maximum atomic E-state index is 5.77. The zero-order valence-corrected chi connectivity index (χ0v) is 10.1. The van der Waals surface area contributed by atoms with E-state index in [4.69, 9.17) is 5.73 Å². The number of hydrogen-bond donors (Lipinski definition) is 2. The Bertz CT molecular complexity index is 503. The molecule has 0 saturated heterocycles. The first kappa shape index (κ1) is 11.4. The summed E-state index contributed by atoms with van der Waals surface area (Å²) in [5.41, 5.74) is 8.93. The lowest BCUT2D eigenvalue weighted by Gasteiger charge is -2.07. The second-order valence-corrected chi connectivity index (χ2v) is 3.92. The van der Waals surface area contributed by atoms with Gasteiger partial charge in [0.25, 0.3) is 0 Å². The van der Waals surface area contributed by atoms with Gasteiger partial charge in [-0.05, 0) is 18.6 Å². The van der Waals surface area contributed by atoms with Gasteiger partial charge in [0.2, 0.25) is 0 Å². The van der Waals surface area contributed by atoms with Crippen molar-refractivity contribution in [1.29, 1.82) is 0 Å². The van der Waals surface area contributed by atoms with Gasteiger partial charge in [-0.1, -0.05) is 6.92 Å². The summed E-state index contributed by atoms with van der Waals surface area (Å²) >= 11 is 0. The molecule has 0 fully saturated rings. The Morgan fingerprint density at radius 3 is 3.00 bits per heavy atom. The number of aromatic nitrogens is 3. The molecule has 0 spiro atoms. The van der Waals surface area contributed by atoms with Crippen molar-refractivity contribution in [3.8, 4) is 0 Å². The third kappa shape index (κ3) is 2.55. The van der Waals surface area contributed by atoms with Crippen LogP contribution in [0.2, 0.25) is 0 Å². The normalized spacial score (nSPS) is 10.5. The Hall–Kier alpha value is -2.04. The molecule has 2 aromatic rings. The standard InChI is InChI=1S/C12H17N5/c1-3-10-9(8-17(2)16-10)7-15-11-5-4-6-14-12(11)13/h4-6,8,15H,3,7H2,1-2H3,(H2,13,14). The molecule has 0 atom stereocenters. The molecule has 90 valence electrons. The molecule has 0 saturated carbocycles. The van der Waals surface area contributed by atoms with Crippen molar-refractivity contribution >= 4 is 11.5 Å². The van der Waals surface area contributed by atoms with Crippen LogP contribution in [0.3, 0.4) is 0 Å². The Morgan fingerprint density at radius 1 is 1.47 bits per heavy atom. The molecule has 2 aromatic heterocycles. The molecule has 0 aromatic carbocycles. The fourth-order valence-corrected chi connectivity index (χ4v) is 1.79. The molecule has 2 rings (SSSR count). The van der Waals surface area contributed by atoms with Crippen LogP contribution < -0.4 is 11.1 Å². The molecule has 0 aliphatic heterocycles. The minimum atomic E-state index is 0.523. The molecule has 0 bridgehead atoms. The SMILES string of the molecule is CCc1nn(C)cc1CNc1cccnc1N. The first-order chi connectivity index (χ1) is 8.20. The topological polar surface area (TPSA) is 68.8 Å². The molecule has 5 heteroatoms. The number of nitrogens with zero attached hydrogens (tertiary/aromatic N) is 3. The molecule has 3 N–H and O–H groups in total. The summed E-state index contributed by atoms with van der Waals surface area (Å²) in [6.07, 6.45) is 4.64. The lowest BCUT2D eigenvalue weighted by molar-refractivity contribution is 0.746. The van der Waals surface area contributed by atoms with E-state index in [1.807, 2.05) is 30.1 Å². The van der Waals surface area contributed by atoms with Crippen LogP contribution in [0, 0.1) is 0 Å². The number of aryl methyl sites for hydroxylation is 2. The third-order valence-corrected chi connectivity index (χ3v) is 2.63. The van der Waals surface area contributed by atoms with Gasteiger partial charge < -0.3 is 11.1 Å². The van der Waals surface area contributed by atoms with Crippen LogP contribution in [0.5, 0.6) is 0 Å². The smallest absolute Gasteiger partial charge is 0.146 e. The average Bonchev–Trinajstić information content (AvgIpc) is 2.69. The van der Waals surface area contributed by atoms with Gasteiger partial charge in [0.05, 0.1) is 11.4 Å². The van der Waals surface area contributed by atoms with Crippen molar-refractivity contribution in [3.63, 3.8) is 0 Å². The van der Waals surface area contributed by atoms with Crippen LogP contribution in [-0.2, 0) is 20.0 Å². The van der Waals surface area contributed by atoms with Crippen molar-refractivity contribution in [2.75, 3.05) is 11.1 Å². The predicted molar refractivity (Wildman–Crippen MR) is 68.6 cm³/mol. The van der Waals surface area contributed by atoms with E-state index in [0.29, 0.717) is 12.4 Å². The summed E-state index contributed by atoms with van der Waals surface area (Å²) < 4.78 is 1.84. The van der Waals surface area contributed by atoms with Gasteiger partial charge in [0.15, 0.2) is 0 Å². The van der Waals surface area contributed by atoms with E-state index >= 15 is 0 Å². The number of rotatable bonds is 4. The van der Waals surface area contributed by atoms with Crippen LogP contribution in [-0.4, -0.2) is 14.8 Å². The first-order valence-corrected chi connectivity index (χ1v) is 5.66. The summed E-state index contributed by atoms with van der Waals surface area (Å²) in [5.74, 6) is 0.523. The molecule has 0 radical (unpaired) electrons. The lowest BCUT2D eigenvalue weighted by Crippen LogP contribution is -2.04. The molecule has 2 heterocycles. The zero-order chi connectivity index (χ0) is 12.3. The summed E-state index contributed by atoms with van der Waals surface area (Å²) in [5, 5.41) is 7.67. The molecule has 0 aliphatic carbocycles. The van der Waals surface area contributed by atoms with Gasteiger partial charge in [-0.3, -0.25) is 4.68 Å². The third-order valence-electron chi connectivity index (χ3n) is 2.63. The van der Waals surface area contributed by atoms with Crippen LogP contribution in [0.4, 0.5) is 11.5 Å². The number of nitrogens with one attached hydrogen (secondary N) is 1. The largest absolute Gasteiger partial charge is 0.382 e. The number of pyridine rings is 1. The van der Waals surface area contributed by atoms with Crippen LogP contribution in [0.1, 0.15) is 18.2 Å². The highest BCUT2D eigenvalue weighted by Crippen LogP contribution is 2.16. The highest BCUT2D eigenvalue weighted by atomic mass is 15.3. The van der Waals surface area contributed by atoms with Crippen molar-refractivity contribution in [3.05, 3.63) is 35.8 Å². The highest BCUT2D eigenvalue weighted by molar-refractivity contribution is 5.60. The van der Waals surface area contributed by atoms with Crippen LogP contribution >= 0.6 is 0 Å². The van der Waals surface area contributed by atoms with Gasteiger partial charge in [-0.25, -0.2) is 4.98 Å². The van der Waals surface area contributed by atoms with E-state index in [9.17, 15) is 0 Å². The van der Waals surface area contributed by atoms with Crippen molar-refractivity contribution in [2.45, 2.75) is 19.9 Å². The summed E-state index contributed by atoms with van der Waals surface area (Å²) in [7, 11) is 1.93. The number of nitrogen functional groups attached to an aromatic ring is 1. The number of anilines is 2. The maximum absolute atomic E-state index is 5.77. The molecule has 5 nitrogen and oxygen atoms in total. The van der Waals surface area contributed by atoms with Crippen LogP contribution in [0.15, 0.2) is 24.5 Å². The van der Waals surface area contributed by atoms with Gasteiger partial charge >= 0.3 is 0 Å². The minimum absolute atomic E-state index is 0.523. The van der Waals surface area contributed by atoms with Gasteiger partial charge in [-0.15, -0.1) is 0 Å². The number of hydrogen-bond acceptors (Lipinski definition) is 4. The monoisotopic (exact) mass is 231 g/mol. The van der Waals surface area contributed by atoms with Crippen molar-refractivity contribution < 1.29 is 0 Å². The minimum Gasteiger partial charge on any atom is -0.382 e. The van der Waals surface area contributed by atoms with E-state index in [2.05, 4.69) is 22.3 Å². The molecule has 0 aliphatic rings. The fourth-order valence-electron chi connectivity index (χ4n) is 1.79. The molecular formula is C12H17N5. The second-order valence-electron chi connectivity index (χ2n) is 3.92. The molecule has 17 heavy (non-hydrogen) atoms. The number of nitrogens with two attached hydrogens (primary N) is 1. The van der Waals surface area contributed by atoms with E-state index in [1.165, 1.54) is 5.56 Å². The molecule has 0 amide bonds. The molecule has 0 unspecified atom stereocenters. The predicted octanol–water partition coefficient (Wildman–Crippen LogP) is 1.57. The van der Waals surface area contributed by atoms with Gasteiger partial charge in [0, 0.05) is 31.5 Å². The zero-order valence-electron chi connectivity index (χ0n) is 10.1. The van der Waals surface area contributed by atoms with Crippen LogP contribution in [0.25, 0.3) is 0 Å². The average molecular weight is 231 g/mol. The quantitative estimate of drug-likeness (QED) is 0.838. The van der Waals surface area contributed by atoms with Crippen molar-refractivity contribution in [1.82, 2.24) is 14.8 Å². The van der Waals surface area contributed by atoms with E-state index in [-0.39, 0.29) is 0 Å².